The van der Waals surface area contributed by atoms with Gasteiger partial charge in [0.1, 0.15) is 0 Å². The number of hydrogen-bond acceptors (Lipinski definition) is 3. The maximum absolute atomic E-state index is 11.2. The van der Waals surface area contributed by atoms with E-state index in [1.54, 1.807) is 11.3 Å². The van der Waals surface area contributed by atoms with Gasteiger partial charge in [0, 0.05) is 5.69 Å². The predicted molar refractivity (Wildman–Crippen MR) is 70.9 cm³/mol. The smallest absolute Gasteiger partial charge is 0.311 e. The van der Waals surface area contributed by atoms with Gasteiger partial charge in [0.05, 0.1) is 16.5 Å². The molecule has 1 N–H and O–H groups in total. The van der Waals surface area contributed by atoms with Crippen molar-refractivity contribution in [2.75, 3.05) is 0 Å². The van der Waals surface area contributed by atoms with Gasteiger partial charge in [0.15, 0.2) is 0 Å². The van der Waals surface area contributed by atoms with Crippen LogP contribution in [-0.4, -0.2) is 16.1 Å². The van der Waals surface area contributed by atoms with E-state index in [1.807, 2.05) is 29.6 Å². The van der Waals surface area contributed by atoms with Crippen LogP contribution in [-0.2, 0) is 11.2 Å². The van der Waals surface area contributed by atoms with Gasteiger partial charge in [-0.25, -0.2) is 0 Å². The second-order valence-electron chi connectivity index (χ2n) is 4.49. The summed E-state index contributed by atoms with van der Waals surface area (Å²) in [6.07, 6.45) is 2.52. The van der Waals surface area contributed by atoms with E-state index in [-0.39, 0.29) is 5.92 Å². The summed E-state index contributed by atoms with van der Waals surface area (Å²) < 4.78 is 0. The van der Waals surface area contributed by atoms with E-state index < -0.39 is 5.97 Å². The molecule has 0 radical (unpaired) electrons. The van der Waals surface area contributed by atoms with Crippen molar-refractivity contribution in [1.29, 1.82) is 0 Å². The zero-order chi connectivity index (χ0) is 12.5. The maximum atomic E-state index is 11.2. The Kier molecular flexibility index (Phi) is 2.88. The minimum Gasteiger partial charge on any atom is -0.481 e. The molecule has 3 nitrogen and oxygen atoms in total. The van der Waals surface area contributed by atoms with Crippen molar-refractivity contribution < 1.29 is 9.90 Å². The molecule has 4 heteroatoms. The van der Waals surface area contributed by atoms with Gasteiger partial charge in [-0.1, -0.05) is 12.1 Å². The minimum absolute atomic E-state index is 0.376. The van der Waals surface area contributed by atoms with Crippen LogP contribution in [0.1, 0.15) is 30.0 Å². The van der Waals surface area contributed by atoms with Gasteiger partial charge in [-0.2, -0.15) is 0 Å². The Balaban J connectivity index is 2.03. The zero-order valence-electron chi connectivity index (χ0n) is 9.80. The van der Waals surface area contributed by atoms with Crippen molar-refractivity contribution in [3.05, 3.63) is 40.9 Å². The highest BCUT2D eigenvalue weighted by Gasteiger charge is 2.27. The van der Waals surface area contributed by atoms with Crippen LogP contribution in [0.2, 0.25) is 0 Å². The molecule has 3 rings (SSSR count). The van der Waals surface area contributed by atoms with Crippen molar-refractivity contribution in [2.24, 2.45) is 0 Å². The van der Waals surface area contributed by atoms with Crippen molar-refractivity contribution in [1.82, 2.24) is 4.98 Å². The number of rotatable bonds is 2. The third-order valence-corrected chi connectivity index (χ3v) is 4.26. The fourth-order valence-electron chi connectivity index (χ4n) is 2.48. The molecule has 0 saturated heterocycles. The van der Waals surface area contributed by atoms with Gasteiger partial charge in [-0.3, -0.25) is 9.78 Å². The van der Waals surface area contributed by atoms with Crippen molar-refractivity contribution in [3.8, 4) is 10.6 Å². The number of aromatic nitrogens is 1. The highest BCUT2D eigenvalue weighted by molar-refractivity contribution is 7.13. The lowest BCUT2D eigenvalue weighted by molar-refractivity contribution is -0.139. The Bertz CT molecular complexity index is 577. The number of nitrogens with zero attached hydrogens (tertiary/aromatic N) is 1. The Morgan fingerprint density at radius 3 is 3.00 bits per heavy atom. The Morgan fingerprint density at radius 2 is 2.28 bits per heavy atom. The summed E-state index contributed by atoms with van der Waals surface area (Å²) in [4.78, 5) is 17.0. The zero-order valence-corrected chi connectivity index (χ0v) is 10.6. The molecule has 18 heavy (non-hydrogen) atoms. The Morgan fingerprint density at radius 1 is 1.39 bits per heavy atom. The number of aliphatic carboxylic acids is 1. The molecule has 1 atom stereocenters. The lowest BCUT2D eigenvalue weighted by Crippen LogP contribution is -2.19. The van der Waals surface area contributed by atoms with Gasteiger partial charge < -0.3 is 5.11 Å². The number of hydrogen-bond donors (Lipinski definition) is 1. The number of pyridine rings is 1. The van der Waals surface area contributed by atoms with E-state index in [1.165, 1.54) is 0 Å². The number of carboxylic acid groups (broad SMARTS) is 1. The number of fused-ring (bicyclic) bond motifs is 1. The molecule has 1 unspecified atom stereocenters. The summed E-state index contributed by atoms with van der Waals surface area (Å²) >= 11 is 1.65. The van der Waals surface area contributed by atoms with Crippen molar-refractivity contribution in [3.63, 3.8) is 0 Å². The van der Waals surface area contributed by atoms with Gasteiger partial charge >= 0.3 is 5.97 Å². The summed E-state index contributed by atoms with van der Waals surface area (Å²) in [5, 5.41) is 11.2. The van der Waals surface area contributed by atoms with E-state index in [2.05, 4.69) is 4.98 Å². The van der Waals surface area contributed by atoms with Crippen LogP contribution in [0.15, 0.2) is 29.6 Å². The van der Waals surface area contributed by atoms with E-state index >= 15 is 0 Å². The molecule has 0 spiro atoms. The van der Waals surface area contributed by atoms with E-state index in [0.29, 0.717) is 0 Å². The Hall–Kier alpha value is -1.68. The van der Waals surface area contributed by atoms with Crippen molar-refractivity contribution >= 4 is 17.3 Å². The first-order valence-corrected chi connectivity index (χ1v) is 6.90. The molecule has 0 bridgehead atoms. The SMILES string of the molecule is O=C(O)C1CCCc2nc(-c3cccs3)ccc21. The third kappa shape index (κ3) is 1.93. The van der Waals surface area contributed by atoms with Gasteiger partial charge in [-0.15, -0.1) is 11.3 Å². The molecule has 1 aliphatic carbocycles. The molecule has 0 aromatic carbocycles. The molecule has 0 amide bonds. The number of carbonyl (C=O) groups is 1. The maximum Gasteiger partial charge on any atom is 0.311 e. The number of carboxylic acids is 1. The highest BCUT2D eigenvalue weighted by atomic mass is 32.1. The summed E-state index contributed by atoms with van der Waals surface area (Å²) in [6, 6.07) is 7.92. The van der Waals surface area contributed by atoms with E-state index in [9.17, 15) is 9.90 Å². The molecule has 2 heterocycles. The van der Waals surface area contributed by atoms with Crippen LogP contribution in [0.3, 0.4) is 0 Å². The van der Waals surface area contributed by atoms with Crippen molar-refractivity contribution in [2.45, 2.75) is 25.2 Å². The van der Waals surface area contributed by atoms with Gasteiger partial charge in [0.2, 0.25) is 0 Å². The molecule has 0 fully saturated rings. The topological polar surface area (TPSA) is 50.2 Å². The van der Waals surface area contributed by atoms with E-state index in [0.717, 1.165) is 41.1 Å². The highest BCUT2D eigenvalue weighted by Crippen LogP contribution is 2.33. The van der Waals surface area contributed by atoms with E-state index in [4.69, 9.17) is 0 Å². The average molecular weight is 259 g/mol. The van der Waals surface area contributed by atoms with Crippen LogP contribution in [0.5, 0.6) is 0 Å². The van der Waals surface area contributed by atoms with Crippen LogP contribution in [0.25, 0.3) is 10.6 Å². The predicted octanol–water partition coefficient (Wildman–Crippen LogP) is 3.31. The minimum atomic E-state index is -0.735. The standard InChI is InChI=1S/C14H13NO2S/c16-14(17)10-3-1-4-11-9(10)6-7-12(15-11)13-5-2-8-18-13/h2,5-8,10H,1,3-4H2,(H,16,17). The van der Waals surface area contributed by atoms with Crippen LogP contribution in [0, 0.1) is 0 Å². The first kappa shape index (κ1) is 11.4. The summed E-state index contributed by atoms with van der Waals surface area (Å²) in [5.74, 6) is -1.11. The van der Waals surface area contributed by atoms with Gasteiger partial charge in [-0.05, 0) is 42.3 Å². The first-order chi connectivity index (χ1) is 8.75. The molecular weight excluding hydrogens is 246 g/mol. The number of aryl methyl sites for hydroxylation is 1. The quantitative estimate of drug-likeness (QED) is 0.900. The number of thiophene rings is 1. The fourth-order valence-corrected chi connectivity index (χ4v) is 3.17. The molecule has 1 aliphatic rings. The fraction of sp³-hybridized carbons (Fsp3) is 0.286. The van der Waals surface area contributed by atoms with Crippen LogP contribution >= 0.6 is 11.3 Å². The molecular formula is C14H13NO2S. The Labute approximate surface area is 109 Å². The second kappa shape index (κ2) is 4.53. The third-order valence-electron chi connectivity index (χ3n) is 3.36. The molecule has 2 aromatic heterocycles. The molecule has 0 saturated carbocycles. The lowest BCUT2D eigenvalue weighted by Gasteiger charge is -2.21. The summed E-state index contributed by atoms with van der Waals surface area (Å²) in [6.45, 7) is 0. The molecule has 2 aromatic rings. The summed E-state index contributed by atoms with van der Waals surface area (Å²) in [7, 11) is 0. The lowest BCUT2D eigenvalue weighted by atomic mass is 9.85. The van der Waals surface area contributed by atoms with Crippen LogP contribution < -0.4 is 0 Å². The largest absolute Gasteiger partial charge is 0.481 e. The van der Waals surface area contributed by atoms with Crippen LogP contribution in [0.4, 0.5) is 0 Å². The van der Waals surface area contributed by atoms with Gasteiger partial charge in [0.25, 0.3) is 0 Å². The molecule has 0 aliphatic heterocycles. The first-order valence-electron chi connectivity index (χ1n) is 6.02. The molecule has 92 valence electrons. The normalized spacial score (nSPS) is 18.3. The second-order valence-corrected chi connectivity index (χ2v) is 5.44. The monoisotopic (exact) mass is 259 g/mol. The summed E-state index contributed by atoms with van der Waals surface area (Å²) in [5.41, 5.74) is 2.81. The average Bonchev–Trinajstić information content (AvgIpc) is 2.91.